The number of rotatable bonds is 5. The van der Waals surface area contributed by atoms with E-state index < -0.39 is 19.5 Å². The predicted octanol–water partition coefficient (Wildman–Crippen LogP) is 3.30. The van der Waals surface area contributed by atoms with Crippen LogP contribution in [-0.2, 0) is 23.1 Å². The van der Waals surface area contributed by atoms with Gasteiger partial charge in [0.05, 0.1) is 18.8 Å². The third-order valence-corrected chi connectivity index (χ3v) is 11.7. The molecule has 4 unspecified atom stereocenters. The van der Waals surface area contributed by atoms with Gasteiger partial charge in [-0.3, -0.25) is 9.05 Å². The van der Waals surface area contributed by atoms with E-state index in [1.165, 1.54) is 5.57 Å². The second kappa shape index (κ2) is 8.50. The molecule has 1 aliphatic heterocycles. The van der Waals surface area contributed by atoms with Crippen LogP contribution in [0.15, 0.2) is 22.8 Å². The second-order valence-electron chi connectivity index (χ2n) is 12.0. The number of esters is 1. The van der Waals surface area contributed by atoms with Crippen molar-refractivity contribution in [3.05, 3.63) is 22.8 Å². The van der Waals surface area contributed by atoms with Crippen molar-refractivity contribution < 1.29 is 38.9 Å². The van der Waals surface area contributed by atoms with Gasteiger partial charge in [-0.1, -0.05) is 25.5 Å². The van der Waals surface area contributed by atoms with Gasteiger partial charge in [0.1, 0.15) is 6.61 Å². The molecule has 3 saturated carbocycles. The van der Waals surface area contributed by atoms with Crippen molar-refractivity contribution in [2.24, 2.45) is 28.6 Å². The zero-order valence-corrected chi connectivity index (χ0v) is 22.3. The van der Waals surface area contributed by atoms with E-state index >= 15 is 0 Å². The van der Waals surface area contributed by atoms with E-state index in [1.54, 1.807) is 0 Å². The molecule has 3 fully saturated rings. The molecule has 8 nitrogen and oxygen atoms in total. The van der Waals surface area contributed by atoms with Gasteiger partial charge in [0.25, 0.3) is 0 Å². The fraction of sp³-hybridized carbons (Fsp3) is 0.808. The number of aliphatic hydroxyl groups is 1. The highest BCUT2D eigenvalue weighted by molar-refractivity contribution is 7.47. The van der Waals surface area contributed by atoms with Gasteiger partial charge in [-0.2, -0.15) is 0 Å². The Hall–Kier alpha value is -1.02. The number of fused-ring (bicyclic) bond motifs is 6. The normalized spacial score (nSPS) is 46.5. The summed E-state index contributed by atoms with van der Waals surface area (Å²) in [6.07, 6.45) is 7.04. The van der Waals surface area contributed by atoms with Gasteiger partial charge in [-0.15, -0.1) is 0 Å². The van der Waals surface area contributed by atoms with Crippen LogP contribution in [0.2, 0.25) is 0 Å². The number of allylic oxidation sites excluding steroid dienone is 1. The van der Waals surface area contributed by atoms with E-state index in [9.17, 15) is 19.4 Å². The fourth-order valence-corrected chi connectivity index (χ4v) is 9.69. The highest BCUT2D eigenvalue weighted by Crippen LogP contribution is 2.70. The van der Waals surface area contributed by atoms with Crippen LogP contribution in [0.1, 0.15) is 72.6 Å². The largest absolute Gasteiger partial charge is 0.472 e. The van der Waals surface area contributed by atoms with Gasteiger partial charge in [0.2, 0.25) is 0 Å². The van der Waals surface area contributed by atoms with E-state index in [0.717, 1.165) is 31.3 Å². The number of quaternary nitrogens is 1. The van der Waals surface area contributed by atoms with Gasteiger partial charge in [0, 0.05) is 11.0 Å². The number of hydrogen-bond donors (Lipinski definition) is 3. The minimum absolute atomic E-state index is 0.00556. The molecule has 4 aliphatic carbocycles. The maximum absolute atomic E-state index is 12.6. The first kappa shape index (κ1) is 25.6. The van der Waals surface area contributed by atoms with Crippen LogP contribution in [0.4, 0.5) is 0 Å². The van der Waals surface area contributed by atoms with Crippen LogP contribution in [0.3, 0.4) is 0 Å². The van der Waals surface area contributed by atoms with Crippen molar-refractivity contribution >= 4 is 13.8 Å². The minimum atomic E-state index is -4.08. The molecule has 1 spiro atoms. The first-order chi connectivity index (χ1) is 16.4. The van der Waals surface area contributed by atoms with Crippen molar-refractivity contribution in [2.45, 2.75) is 90.4 Å². The summed E-state index contributed by atoms with van der Waals surface area (Å²) in [5, 5.41) is 11.4. The number of aliphatic hydroxyl groups excluding tert-OH is 1. The Morgan fingerprint density at radius 2 is 1.97 bits per heavy atom. The number of ether oxygens (including phenoxy) is 1. The lowest BCUT2D eigenvalue weighted by molar-refractivity contribution is -0.371. The van der Waals surface area contributed by atoms with E-state index in [4.69, 9.17) is 13.8 Å². The summed E-state index contributed by atoms with van der Waals surface area (Å²) < 4.78 is 28.9. The fourth-order valence-electron chi connectivity index (χ4n) is 8.71. The number of carbonyl (C=O) groups excluding carboxylic acids is 1. The van der Waals surface area contributed by atoms with Crippen LogP contribution in [0.25, 0.3) is 0 Å². The molecule has 5 N–H and O–H groups in total. The molecule has 0 saturated heterocycles. The summed E-state index contributed by atoms with van der Waals surface area (Å²) in [6, 6.07) is 0. The second-order valence-corrected chi connectivity index (χ2v) is 13.4. The van der Waals surface area contributed by atoms with E-state index in [0.29, 0.717) is 43.2 Å². The van der Waals surface area contributed by atoms with Crippen molar-refractivity contribution in [3.63, 3.8) is 0 Å². The summed E-state index contributed by atoms with van der Waals surface area (Å²) in [5.41, 5.74) is 5.32. The molecule has 0 radical (unpaired) electrons. The standard InChI is InChI=1S/C26H40NO7P/c1-15-16(2)26(33-23(15)29)22(28)14-21-19-6-5-17-13-18(34-35(30,31)32-12-11-27)7-9-24(17,3)20(19)8-10-25(21,26)4/h5,18-22,28H,6-14,27H2,1-4H3,(H,30,31)/p+1/t18?,19?,20-,21-,22?,24-,25-,26+/m0/s1. The van der Waals surface area contributed by atoms with Gasteiger partial charge in [-0.25, -0.2) is 9.36 Å². The third-order valence-electron chi connectivity index (χ3n) is 10.6. The number of phosphoric ester groups is 1. The zero-order valence-electron chi connectivity index (χ0n) is 21.4. The lowest BCUT2D eigenvalue weighted by atomic mass is 9.46. The molecule has 0 bridgehead atoms. The summed E-state index contributed by atoms with van der Waals surface area (Å²) in [7, 11) is -4.08. The van der Waals surface area contributed by atoms with Crippen molar-refractivity contribution in [1.29, 1.82) is 0 Å². The molecule has 0 aromatic carbocycles. The number of hydrogen-bond acceptors (Lipinski definition) is 6. The molecular formula is C26H41NO7P+. The topological polar surface area (TPSA) is 130 Å². The zero-order chi connectivity index (χ0) is 25.4. The van der Waals surface area contributed by atoms with E-state index in [2.05, 4.69) is 25.7 Å². The molecule has 196 valence electrons. The summed E-state index contributed by atoms with van der Waals surface area (Å²) >= 11 is 0. The highest BCUT2D eigenvalue weighted by Gasteiger charge is 2.71. The highest BCUT2D eigenvalue weighted by atomic mass is 31.2. The smallest absolute Gasteiger partial charge is 0.448 e. The molecule has 5 rings (SSSR count). The molecular weight excluding hydrogens is 469 g/mol. The minimum Gasteiger partial charge on any atom is -0.448 e. The molecule has 0 aromatic rings. The Morgan fingerprint density at radius 1 is 1.23 bits per heavy atom. The van der Waals surface area contributed by atoms with Crippen LogP contribution in [0.5, 0.6) is 0 Å². The molecule has 35 heavy (non-hydrogen) atoms. The van der Waals surface area contributed by atoms with Crippen LogP contribution < -0.4 is 5.73 Å². The van der Waals surface area contributed by atoms with E-state index in [-0.39, 0.29) is 35.4 Å². The Balaban J connectivity index is 1.39. The van der Waals surface area contributed by atoms with Crippen LogP contribution in [-0.4, -0.2) is 46.9 Å². The van der Waals surface area contributed by atoms with Crippen LogP contribution in [0, 0.1) is 28.6 Å². The maximum atomic E-state index is 12.6. The molecule has 9 atom stereocenters. The first-order valence-electron chi connectivity index (χ1n) is 13.1. The Kier molecular flexibility index (Phi) is 6.23. The Bertz CT molecular complexity index is 1030. The van der Waals surface area contributed by atoms with Crippen molar-refractivity contribution in [2.75, 3.05) is 13.2 Å². The Morgan fingerprint density at radius 3 is 2.63 bits per heavy atom. The Labute approximate surface area is 207 Å². The summed E-state index contributed by atoms with van der Waals surface area (Å²) in [5.74, 6) is 0.852. The quantitative estimate of drug-likeness (QED) is 0.294. The van der Waals surface area contributed by atoms with Gasteiger partial charge in [0.15, 0.2) is 5.60 Å². The molecule has 5 aliphatic rings. The lowest BCUT2D eigenvalue weighted by Gasteiger charge is -2.59. The summed E-state index contributed by atoms with van der Waals surface area (Å²) in [6.45, 7) is 8.87. The average Bonchev–Trinajstić information content (AvgIpc) is 3.18. The van der Waals surface area contributed by atoms with Crippen molar-refractivity contribution in [3.8, 4) is 0 Å². The average molecular weight is 511 g/mol. The number of phosphoric acid groups is 1. The summed E-state index contributed by atoms with van der Waals surface area (Å²) in [4.78, 5) is 22.6. The van der Waals surface area contributed by atoms with Gasteiger partial charge in [-0.05, 0) is 87.5 Å². The lowest BCUT2D eigenvalue weighted by Crippen LogP contribution is -2.57. The monoisotopic (exact) mass is 510 g/mol. The molecule has 1 heterocycles. The molecule has 9 heteroatoms. The number of carbonyl (C=O) groups is 1. The van der Waals surface area contributed by atoms with Crippen LogP contribution >= 0.6 is 7.82 Å². The SMILES string of the molecule is CC1=C(C)[C@@]2(OC1=O)C(O)C[C@H]1C3CC=C4CC(OP(=O)(O)OCC[NH3+])CC[C@]4(C)[C@H]3CC[C@@]12C. The van der Waals surface area contributed by atoms with Gasteiger partial charge < -0.3 is 20.5 Å². The van der Waals surface area contributed by atoms with Gasteiger partial charge >= 0.3 is 13.8 Å². The third kappa shape index (κ3) is 3.58. The first-order valence-corrected chi connectivity index (χ1v) is 14.6. The van der Waals surface area contributed by atoms with Crippen molar-refractivity contribution in [1.82, 2.24) is 0 Å². The predicted molar refractivity (Wildman–Crippen MR) is 129 cm³/mol. The van der Waals surface area contributed by atoms with E-state index in [1.807, 2.05) is 13.8 Å². The maximum Gasteiger partial charge on any atom is 0.472 e. The molecule has 0 aromatic heterocycles. The molecule has 0 amide bonds.